The summed E-state index contributed by atoms with van der Waals surface area (Å²) in [5.41, 5.74) is 1.03. The Kier molecular flexibility index (Phi) is 3.23. The Morgan fingerprint density at radius 3 is 2.80 bits per heavy atom. The zero-order chi connectivity index (χ0) is 10.7. The van der Waals surface area contributed by atoms with Gasteiger partial charge in [-0.3, -0.25) is 0 Å². The fourth-order valence-electron chi connectivity index (χ4n) is 1.32. The Bertz CT molecular complexity index is 453. The maximum Gasteiger partial charge on any atom is 0.148 e. The van der Waals surface area contributed by atoms with Crippen LogP contribution in [0.1, 0.15) is 11.4 Å². The molecule has 0 saturated carbocycles. The van der Waals surface area contributed by atoms with Gasteiger partial charge in [-0.15, -0.1) is 21.8 Å². The lowest BCUT2D eigenvalue weighted by Gasteiger charge is -2.06. The molecule has 0 radical (unpaired) electrons. The first-order chi connectivity index (χ1) is 7.31. The fourth-order valence-corrected chi connectivity index (χ4v) is 1.73. The smallest absolute Gasteiger partial charge is 0.148 e. The molecule has 0 aliphatic heterocycles. The van der Waals surface area contributed by atoms with Crippen molar-refractivity contribution in [3.63, 3.8) is 0 Å². The van der Waals surface area contributed by atoms with E-state index in [9.17, 15) is 0 Å². The first-order valence-electron chi connectivity index (χ1n) is 4.47. The molecule has 5 heteroatoms. The normalized spacial score (nSPS) is 10.5. The highest BCUT2D eigenvalue weighted by molar-refractivity contribution is 6.31. The minimum atomic E-state index is 0.352. The lowest BCUT2D eigenvalue weighted by molar-refractivity contribution is 0.755. The highest BCUT2D eigenvalue weighted by Gasteiger charge is 2.05. The molecule has 0 unspecified atom stereocenters. The van der Waals surface area contributed by atoms with E-state index in [1.807, 2.05) is 28.8 Å². The molecule has 3 nitrogen and oxygen atoms in total. The number of rotatable bonds is 3. The average Bonchev–Trinajstić information content (AvgIpc) is 2.69. The maximum atomic E-state index is 6.05. The third kappa shape index (κ3) is 2.30. The van der Waals surface area contributed by atoms with E-state index in [4.69, 9.17) is 23.2 Å². The summed E-state index contributed by atoms with van der Waals surface area (Å²) in [7, 11) is 0. The molecular formula is C10H9Cl2N3. The van der Waals surface area contributed by atoms with Crippen LogP contribution in [0.3, 0.4) is 0 Å². The SMILES string of the molecule is ClCc1nncn1Cc1ccccc1Cl. The van der Waals surface area contributed by atoms with Crippen LogP contribution in [0.25, 0.3) is 0 Å². The van der Waals surface area contributed by atoms with Crippen LogP contribution in [-0.4, -0.2) is 14.8 Å². The molecule has 0 atom stereocenters. The number of hydrogen-bond acceptors (Lipinski definition) is 2. The van der Waals surface area contributed by atoms with E-state index in [1.165, 1.54) is 0 Å². The molecule has 1 aromatic heterocycles. The second-order valence-electron chi connectivity index (χ2n) is 3.10. The van der Waals surface area contributed by atoms with Crippen LogP contribution in [0.2, 0.25) is 5.02 Å². The number of nitrogens with zero attached hydrogens (tertiary/aromatic N) is 3. The van der Waals surface area contributed by atoms with Crippen LogP contribution in [-0.2, 0) is 12.4 Å². The van der Waals surface area contributed by atoms with E-state index in [2.05, 4.69) is 10.2 Å². The third-order valence-corrected chi connectivity index (χ3v) is 2.72. The minimum Gasteiger partial charge on any atom is -0.312 e. The molecule has 15 heavy (non-hydrogen) atoms. The summed E-state index contributed by atoms with van der Waals surface area (Å²) >= 11 is 11.8. The van der Waals surface area contributed by atoms with E-state index in [0.717, 1.165) is 16.4 Å². The first-order valence-corrected chi connectivity index (χ1v) is 5.38. The van der Waals surface area contributed by atoms with Gasteiger partial charge in [0.05, 0.1) is 12.4 Å². The standard InChI is InChI=1S/C10H9Cl2N3/c11-5-10-14-13-7-15(10)6-8-3-1-2-4-9(8)12/h1-4,7H,5-6H2. The predicted octanol–water partition coefficient (Wildman–Crippen LogP) is 2.72. The van der Waals surface area contributed by atoms with Gasteiger partial charge in [-0.2, -0.15) is 0 Å². The molecule has 0 fully saturated rings. The molecule has 0 bridgehead atoms. The molecule has 2 aromatic rings. The second kappa shape index (κ2) is 4.64. The summed E-state index contributed by atoms with van der Waals surface area (Å²) in [4.78, 5) is 0. The molecule has 2 rings (SSSR count). The van der Waals surface area contributed by atoms with Gasteiger partial charge < -0.3 is 4.57 Å². The Balaban J connectivity index is 2.26. The molecule has 0 amide bonds. The van der Waals surface area contributed by atoms with Crippen LogP contribution in [0.5, 0.6) is 0 Å². The van der Waals surface area contributed by atoms with Crippen molar-refractivity contribution in [3.05, 3.63) is 47.0 Å². The number of hydrogen-bond donors (Lipinski definition) is 0. The van der Waals surface area contributed by atoms with Gasteiger partial charge in [0.1, 0.15) is 12.2 Å². The predicted molar refractivity (Wildman–Crippen MR) is 60.1 cm³/mol. The third-order valence-electron chi connectivity index (χ3n) is 2.11. The Morgan fingerprint density at radius 2 is 2.07 bits per heavy atom. The van der Waals surface area contributed by atoms with Gasteiger partial charge in [0, 0.05) is 5.02 Å². The van der Waals surface area contributed by atoms with Gasteiger partial charge in [0.2, 0.25) is 0 Å². The molecule has 78 valence electrons. The average molecular weight is 242 g/mol. The number of benzene rings is 1. The lowest BCUT2D eigenvalue weighted by Crippen LogP contribution is -2.03. The summed E-state index contributed by atoms with van der Waals surface area (Å²) in [5.74, 6) is 1.10. The molecular weight excluding hydrogens is 233 g/mol. The van der Waals surface area contributed by atoms with Gasteiger partial charge in [0.15, 0.2) is 0 Å². The summed E-state index contributed by atoms with van der Waals surface area (Å²) in [6, 6.07) is 7.69. The highest BCUT2D eigenvalue weighted by atomic mass is 35.5. The van der Waals surface area contributed by atoms with Gasteiger partial charge in [-0.25, -0.2) is 0 Å². The summed E-state index contributed by atoms with van der Waals surface area (Å²) in [5, 5.41) is 8.45. The van der Waals surface area contributed by atoms with Crippen molar-refractivity contribution in [2.45, 2.75) is 12.4 Å². The largest absolute Gasteiger partial charge is 0.312 e. The van der Waals surface area contributed by atoms with Crippen LogP contribution >= 0.6 is 23.2 Å². The van der Waals surface area contributed by atoms with E-state index < -0.39 is 0 Å². The Hall–Kier alpha value is -1.06. The second-order valence-corrected chi connectivity index (χ2v) is 3.77. The zero-order valence-electron chi connectivity index (χ0n) is 7.90. The van der Waals surface area contributed by atoms with Crippen molar-refractivity contribution in [2.75, 3.05) is 0 Å². The molecule has 1 heterocycles. The molecule has 0 N–H and O–H groups in total. The fraction of sp³-hybridized carbons (Fsp3) is 0.200. The molecule has 0 aliphatic carbocycles. The van der Waals surface area contributed by atoms with E-state index >= 15 is 0 Å². The van der Waals surface area contributed by atoms with Crippen molar-refractivity contribution in [1.82, 2.24) is 14.8 Å². The zero-order valence-corrected chi connectivity index (χ0v) is 9.41. The van der Waals surface area contributed by atoms with Gasteiger partial charge in [-0.1, -0.05) is 29.8 Å². The summed E-state index contributed by atoms with van der Waals surface area (Å²) in [6.07, 6.45) is 1.65. The minimum absolute atomic E-state index is 0.352. The monoisotopic (exact) mass is 241 g/mol. The van der Waals surface area contributed by atoms with Gasteiger partial charge in [-0.05, 0) is 11.6 Å². The Morgan fingerprint density at radius 1 is 1.27 bits per heavy atom. The number of aromatic nitrogens is 3. The summed E-state index contributed by atoms with van der Waals surface area (Å²) < 4.78 is 1.88. The van der Waals surface area contributed by atoms with E-state index in [1.54, 1.807) is 6.33 Å². The molecule has 1 aromatic carbocycles. The van der Waals surface area contributed by atoms with Crippen LogP contribution in [0.4, 0.5) is 0 Å². The van der Waals surface area contributed by atoms with Gasteiger partial charge in [0.25, 0.3) is 0 Å². The number of alkyl halides is 1. The van der Waals surface area contributed by atoms with E-state index in [-0.39, 0.29) is 0 Å². The highest BCUT2D eigenvalue weighted by Crippen LogP contribution is 2.16. The van der Waals surface area contributed by atoms with Crippen molar-refractivity contribution in [1.29, 1.82) is 0 Å². The molecule has 0 aliphatic rings. The maximum absolute atomic E-state index is 6.05. The van der Waals surface area contributed by atoms with Crippen LogP contribution < -0.4 is 0 Å². The van der Waals surface area contributed by atoms with Crippen molar-refractivity contribution in [3.8, 4) is 0 Å². The lowest BCUT2D eigenvalue weighted by atomic mass is 10.2. The van der Waals surface area contributed by atoms with Crippen LogP contribution in [0, 0.1) is 0 Å². The Labute approximate surface area is 97.7 Å². The van der Waals surface area contributed by atoms with Crippen LogP contribution in [0.15, 0.2) is 30.6 Å². The van der Waals surface area contributed by atoms with Crippen molar-refractivity contribution < 1.29 is 0 Å². The van der Waals surface area contributed by atoms with Crippen molar-refractivity contribution in [2.24, 2.45) is 0 Å². The van der Waals surface area contributed by atoms with E-state index in [0.29, 0.717) is 12.4 Å². The molecule has 0 saturated heterocycles. The summed E-state index contributed by atoms with van der Waals surface area (Å²) in [6.45, 7) is 0.648. The topological polar surface area (TPSA) is 30.7 Å². The van der Waals surface area contributed by atoms with Gasteiger partial charge >= 0.3 is 0 Å². The van der Waals surface area contributed by atoms with Crippen molar-refractivity contribution >= 4 is 23.2 Å². The quantitative estimate of drug-likeness (QED) is 0.774. The molecule has 0 spiro atoms. The first kappa shape index (κ1) is 10.5. The number of halogens is 2.